The van der Waals surface area contributed by atoms with Crippen molar-refractivity contribution in [1.29, 1.82) is 0 Å². The Hall–Kier alpha value is -0.610. The lowest BCUT2D eigenvalue weighted by molar-refractivity contribution is -0.140. The molecular formula is C10H21NO3. The van der Waals surface area contributed by atoms with E-state index in [4.69, 9.17) is 9.84 Å². The van der Waals surface area contributed by atoms with Crippen molar-refractivity contribution in [3.05, 3.63) is 0 Å². The first-order chi connectivity index (χ1) is 6.25. The first-order valence-corrected chi connectivity index (χ1v) is 4.69. The number of hydrogen-bond donors (Lipinski definition) is 2. The largest absolute Gasteiger partial charge is 0.396 e. The zero-order valence-electron chi connectivity index (χ0n) is 9.68. The molecule has 0 saturated carbocycles. The van der Waals surface area contributed by atoms with Gasteiger partial charge in [-0.15, -0.1) is 0 Å². The number of aliphatic hydroxyl groups is 1. The average molecular weight is 203 g/mol. The van der Waals surface area contributed by atoms with Gasteiger partial charge in [0.15, 0.2) is 0 Å². The third-order valence-electron chi connectivity index (χ3n) is 2.21. The number of hydrogen-bond acceptors (Lipinski definition) is 3. The van der Waals surface area contributed by atoms with Gasteiger partial charge in [-0.2, -0.15) is 0 Å². The van der Waals surface area contributed by atoms with Crippen molar-refractivity contribution in [3.63, 3.8) is 0 Å². The number of methoxy groups -OCH3 is 1. The van der Waals surface area contributed by atoms with E-state index in [1.807, 2.05) is 13.8 Å². The minimum atomic E-state index is -0.814. The molecule has 0 heterocycles. The molecule has 4 heteroatoms. The van der Waals surface area contributed by atoms with Gasteiger partial charge in [-0.1, -0.05) is 13.8 Å². The second kappa shape index (κ2) is 4.75. The first kappa shape index (κ1) is 13.4. The first-order valence-electron chi connectivity index (χ1n) is 4.69. The topological polar surface area (TPSA) is 58.6 Å². The summed E-state index contributed by atoms with van der Waals surface area (Å²) in [6.07, 6.45) is 0. The van der Waals surface area contributed by atoms with E-state index in [-0.39, 0.29) is 17.9 Å². The van der Waals surface area contributed by atoms with E-state index in [9.17, 15) is 4.79 Å². The standard InChI is InChI=1S/C10H21NO3/c1-9(2,7-12)6-11-8(13)10(3,4)14-5/h12H,6-7H2,1-5H3,(H,11,13). The molecule has 0 bridgehead atoms. The maximum absolute atomic E-state index is 11.5. The Morgan fingerprint density at radius 3 is 2.21 bits per heavy atom. The monoisotopic (exact) mass is 203 g/mol. The van der Waals surface area contributed by atoms with Crippen LogP contribution in [0, 0.1) is 5.41 Å². The predicted octanol–water partition coefficient (Wildman–Crippen LogP) is 0.546. The number of rotatable bonds is 5. The lowest BCUT2D eigenvalue weighted by atomic mass is 9.94. The predicted molar refractivity (Wildman–Crippen MR) is 55.0 cm³/mol. The summed E-state index contributed by atoms with van der Waals surface area (Å²) in [6.45, 7) is 7.65. The number of carbonyl (C=O) groups excluding carboxylic acids is 1. The number of carbonyl (C=O) groups is 1. The van der Waals surface area contributed by atoms with Crippen LogP contribution >= 0.6 is 0 Å². The van der Waals surface area contributed by atoms with E-state index in [0.717, 1.165) is 0 Å². The molecule has 4 nitrogen and oxygen atoms in total. The summed E-state index contributed by atoms with van der Waals surface area (Å²) in [5.74, 6) is -0.165. The molecule has 0 radical (unpaired) electrons. The molecule has 0 aromatic carbocycles. The molecule has 14 heavy (non-hydrogen) atoms. The van der Waals surface area contributed by atoms with E-state index < -0.39 is 5.60 Å². The Bertz CT molecular complexity index is 200. The summed E-state index contributed by atoms with van der Waals surface area (Å²) in [7, 11) is 1.50. The molecule has 1 amide bonds. The highest BCUT2D eigenvalue weighted by molar-refractivity contribution is 5.84. The Kier molecular flexibility index (Phi) is 4.55. The average Bonchev–Trinajstić information content (AvgIpc) is 2.14. The molecule has 0 spiro atoms. The molecule has 0 aliphatic carbocycles. The highest BCUT2D eigenvalue weighted by Crippen LogP contribution is 2.13. The van der Waals surface area contributed by atoms with Gasteiger partial charge in [-0.05, 0) is 13.8 Å². The molecule has 0 fully saturated rings. The quantitative estimate of drug-likeness (QED) is 0.686. The molecule has 0 aliphatic heterocycles. The highest BCUT2D eigenvalue weighted by Gasteiger charge is 2.28. The SMILES string of the molecule is COC(C)(C)C(=O)NCC(C)(C)CO. The van der Waals surface area contributed by atoms with Gasteiger partial charge in [0.1, 0.15) is 5.60 Å². The van der Waals surface area contributed by atoms with Gasteiger partial charge in [0.2, 0.25) is 0 Å². The molecule has 2 N–H and O–H groups in total. The van der Waals surface area contributed by atoms with Crippen LogP contribution in [-0.4, -0.2) is 36.9 Å². The molecule has 0 aliphatic rings. The minimum absolute atomic E-state index is 0.0424. The zero-order chi connectivity index (χ0) is 11.4. The van der Waals surface area contributed by atoms with Crippen LogP contribution in [0.4, 0.5) is 0 Å². The van der Waals surface area contributed by atoms with Crippen molar-refractivity contribution in [1.82, 2.24) is 5.32 Å². The summed E-state index contributed by atoms with van der Waals surface area (Å²) in [5.41, 5.74) is -1.11. The molecule has 0 rings (SSSR count). The smallest absolute Gasteiger partial charge is 0.251 e. The zero-order valence-corrected chi connectivity index (χ0v) is 9.68. The number of amides is 1. The van der Waals surface area contributed by atoms with Crippen LogP contribution < -0.4 is 5.32 Å². The fraction of sp³-hybridized carbons (Fsp3) is 0.900. The molecule has 0 saturated heterocycles. The number of ether oxygens (including phenoxy) is 1. The van der Waals surface area contributed by atoms with Gasteiger partial charge in [0.25, 0.3) is 5.91 Å². The molecule has 0 aromatic heterocycles. The van der Waals surface area contributed by atoms with Crippen LogP contribution in [0.25, 0.3) is 0 Å². The van der Waals surface area contributed by atoms with E-state index in [1.54, 1.807) is 13.8 Å². The fourth-order valence-electron chi connectivity index (χ4n) is 0.681. The molecule has 0 aromatic rings. The van der Waals surface area contributed by atoms with Crippen molar-refractivity contribution < 1.29 is 14.6 Å². The summed E-state index contributed by atoms with van der Waals surface area (Å²) in [4.78, 5) is 11.5. The summed E-state index contributed by atoms with van der Waals surface area (Å²) in [5, 5.41) is 11.7. The van der Waals surface area contributed by atoms with Crippen LogP contribution in [0.15, 0.2) is 0 Å². The van der Waals surface area contributed by atoms with Crippen molar-refractivity contribution in [3.8, 4) is 0 Å². The Morgan fingerprint density at radius 2 is 1.86 bits per heavy atom. The fourth-order valence-corrected chi connectivity index (χ4v) is 0.681. The van der Waals surface area contributed by atoms with Crippen molar-refractivity contribution in [2.24, 2.45) is 5.41 Å². The molecule has 84 valence electrons. The van der Waals surface area contributed by atoms with E-state index in [2.05, 4.69) is 5.32 Å². The Labute approximate surface area is 85.6 Å². The van der Waals surface area contributed by atoms with Crippen LogP contribution in [-0.2, 0) is 9.53 Å². The van der Waals surface area contributed by atoms with Gasteiger partial charge < -0.3 is 15.2 Å². The maximum atomic E-state index is 11.5. The van der Waals surface area contributed by atoms with Crippen LogP contribution in [0.2, 0.25) is 0 Å². The van der Waals surface area contributed by atoms with Crippen molar-refractivity contribution in [2.45, 2.75) is 33.3 Å². The van der Waals surface area contributed by atoms with Gasteiger partial charge >= 0.3 is 0 Å². The third kappa shape index (κ3) is 4.07. The van der Waals surface area contributed by atoms with E-state index in [0.29, 0.717) is 6.54 Å². The summed E-state index contributed by atoms with van der Waals surface area (Å²) in [6, 6.07) is 0. The second-order valence-electron chi connectivity index (χ2n) is 4.72. The third-order valence-corrected chi connectivity index (χ3v) is 2.21. The minimum Gasteiger partial charge on any atom is -0.396 e. The van der Waals surface area contributed by atoms with Crippen LogP contribution in [0.3, 0.4) is 0 Å². The summed E-state index contributed by atoms with van der Waals surface area (Å²) >= 11 is 0. The lowest BCUT2D eigenvalue weighted by Crippen LogP contribution is -2.47. The lowest BCUT2D eigenvalue weighted by Gasteiger charge is -2.26. The second-order valence-corrected chi connectivity index (χ2v) is 4.72. The van der Waals surface area contributed by atoms with Gasteiger partial charge in [-0.25, -0.2) is 0 Å². The van der Waals surface area contributed by atoms with E-state index in [1.165, 1.54) is 7.11 Å². The van der Waals surface area contributed by atoms with Gasteiger partial charge in [-0.3, -0.25) is 4.79 Å². The molecular weight excluding hydrogens is 182 g/mol. The molecule has 0 unspecified atom stereocenters. The van der Waals surface area contributed by atoms with E-state index >= 15 is 0 Å². The summed E-state index contributed by atoms with van der Waals surface area (Å²) < 4.78 is 5.02. The Balaban J connectivity index is 4.10. The Morgan fingerprint density at radius 1 is 1.36 bits per heavy atom. The van der Waals surface area contributed by atoms with Gasteiger partial charge in [0, 0.05) is 25.7 Å². The molecule has 0 atom stereocenters. The normalized spacial score (nSPS) is 12.7. The van der Waals surface area contributed by atoms with Crippen LogP contribution in [0.5, 0.6) is 0 Å². The number of nitrogens with one attached hydrogen (secondary N) is 1. The maximum Gasteiger partial charge on any atom is 0.251 e. The van der Waals surface area contributed by atoms with Crippen molar-refractivity contribution >= 4 is 5.91 Å². The van der Waals surface area contributed by atoms with Crippen molar-refractivity contribution in [2.75, 3.05) is 20.3 Å². The highest BCUT2D eigenvalue weighted by atomic mass is 16.5. The van der Waals surface area contributed by atoms with Crippen LogP contribution in [0.1, 0.15) is 27.7 Å². The van der Waals surface area contributed by atoms with Gasteiger partial charge in [0.05, 0.1) is 0 Å². The number of aliphatic hydroxyl groups excluding tert-OH is 1.